The van der Waals surface area contributed by atoms with Gasteiger partial charge in [0.15, 0.2) is 11.6 Å². The number of fused-ring (bicyclic) bond motifs is 14. The van der Waals surface area contributed by atoms with Gasteiger partial charge in [-0.05, 0) is 86.2 Å². The molecule has 6 heteroatoms. The van der Waals surface area contributed by atoms with Crippen LogP contribution in [-0.4, -0.2) is 19.5 Å². The van der Waals surface area contributed by atoms with Gasteiger partial charge in [0.25, 0.3) is 0 Å². The van der Waals surface area contributed by atoms with Gasteiger partial charge in [0.05, 0.1) is 16.7 Å². The normalized spacial score (nSPS) is 11.9. The Morgan fingerprint density at radius 1 is 0.343 bits per heavy atom. The van der Waals surface area contributed by atoms with E-state index in [0.29, 0.717) is 17.6 Å². The monoisotopic (exact) mass is 855 g/mol. The van der Waals surface area contributed by atoms with Crippen LogP contribution >= 0.6 is 0 Å². The zero-order valence-electron chi connectivity index (χ0n) is 36.0. The maximum atomic E-state index is 6.53. The summed E-state index contributed by atoms with van der Waals surface area (Å²) in [5, 5.41) is 14.0. The fraction of sp³-hybridized carbons (Fsp3) is 0. The summed E-state index contributed by atoms with van der Waals surface area (Å²) in [5.41, 5.74) is 8.53. The largest absolute Gasteiger partial charge is 0.456 e. The third-order valence-corrected chi connectivity index (χ3v) is 13.4. The molecule has 14 rings (SSSR count). The minimum atomic E-state index is 0.526. The second-order valence-electron chi connectivity index (χ2n) is 17.1. The lowest BCUT2D eigenvalue weighted by molar-refractivity contribution is 0.669. The third kappa shape index (κ3) is 5.80. The van der Waals surface area contributed by atoms with Gasteiger partial charge in [-0.25, -0.2) is 4.98 Å². The van der Waals surface area contributed by atoms with Gasteiger partial charge in [0.1, 0.15) is 11.2 Å². The van der Waals surface area contributed by atoms with Crippen molar-refractivity contribution in [2.24, 2.45) is 0 Å². The van der Waals surface area contributed by atoms with Gasteiger partial charge in [-0.3, -0.25) is 4.57 Å². The Morgan fingerprint density at radius 2 is 0.881 bits per heavy atom. The minimum absolute atomic E-state index is 0.526. The van der Waals surface area contributed by atoms with Crippen LogP contribution < -0.4 is 4.90 Å². The van der Waals surface area contributed by atoms with Crippen molar-refractivity contribution in [2.75, 3.05) is 4.90 Å². The molecule has 3 aromatic heterocycles. The molecule has 0 saturated heterocycles. The van der Waals surface area contributed by atoms with Crippen LogP contribution in [0.25, 0.3) is 116 Å². The lowest BCUT2D eigenvalue weighted by Crippen LogP contribution is -2.11. The average molecular weight is 856 g/mol. The highest BCUT2D eigenvalue weighted by Crippen LogP contribution is 2.46. The Bertz CT molecular complexity index is 4190. The van der Waals surface area contributed by atoms with E-state index in [1.54, 1.807) is 0 Å². The van der Waals surface area contributed by atoms with Crippen molar-refractivity contribution in [1.29, 1.82) is 0 Å². The van der Waals surface area contributed by atoms with Crippen LogP contribution in [0, 0.1) is 0 Å². The van der Waals surface area contributed by atoms with Crippen LogP contribution in [-0.2, 0) is 0 Å². The molecule has 0 bridgehead atoms. The van der Waals surface area contributed by atoms with E-state index in [4.69, 9.17) is 19.4 Å². The quantitative estimate of drug-likeness (QED) is 0.156. The van der Waals surface area contributed by atoms with E-state index in [1.165, 1.54) is 37.7 Å². The van der Waals surface area contributed by atoms with Gasteiger partial charge in [-0.2, -0.15) is 9.97 Å². The first-order valence-electron chi connectivity index (χ1n) is 22.6. The summed E-state index contributed by atoms with van der Waals surface area (Å²) in [5.74, 6) is 1.72. The molecule has 0 N–H and O–H groups in total. The van der Waals surface area contributed by atoms with Gasteiger partial charge in [0.2, 0.25) is 5.95 Å². The van der Waals surface area contributed by atoms with E-state index >= 15 is 0 Å². The SMILES string of the molecule is c1ccc(-c2nc(-c3ccccc3)nc(-n3c4cc(N(c5ccc6c7ccccc7c7ccccc7c6c5)c5cccc6ccccc56)ccc4c4c5c(ccc43)oc3ccccc35)n2)cc1. The summed E-state index contributed by atoms with van der Waals surface area (Å²) in [7, 11) is 0. The van der Waals surface area contributed by atoms with Gasteiger partial charge < -0.3 is 9.32 Å². The molecule has 0 amide bonds. The van der Waals surface area contributed by atoms with E-state index in [0.717, 1.165) is 77.3 Å². The van der Waals surface area contributed by atoms with E-state index in [1.807, 2.05) is 48.5 Å². The Kier molecular flexibility index (Phi) is 8.18. The van der Waals surface area contributed by atoms with Crippen LogP contribution in [0.5, 0.6) is 0 Å². The highest BCUT2D eigenvalue weighted by Gasteiger charge is 2.24. The zero-order chi connectivity index (χ0) is 44.0. The van der Waals surface area contributed by atoms with Crippen LogP contribution in [0.4, 0.5) is 17.1 Å². The summed E-state index contributed by atoms with van der Waals surface area (Å²) in [6.45, 7) is 0. The van der Waals surface area contributed by atoms with Crippen molar-refractivity contribution in [2.45, 2.75) is 0 Å². The number of hydrogen-bond donors (Lipinski definition) is 0. The molecular formula is C61H37N5O. The Hall–Kier alpha value is -9.13. The first-order chi connectivity index (χ1) is 33.2. The van der Waals surface area contributed by atoms with Crippen LogP contribution in [0.1, 0.15) is 0 Å². The fourth-order valence-corrected chi connectivity index (χ4v) is 10.4. The second-order valence-corrected chi connectivity index (χ2v) is 17.1. The van der Waals surface area contributed by atoms with Crippen molar-refractivity contribution in [3.63, 3.8) is 0 Å². The van der Waals surface area contributed by atoms with Crippen LogP contribution in [0.2, 0.25) is 0 Å². The molecule has 0 atom stereocenters. The topological polar surface area (TPSA) is 60.0 Å². The third-order valence-electron chi connectivity index (χ3n) is 13.4. The van der Waals surface area contributed by atoms with E-state index in [-0.39, 0.29) is 0 Å². The number of anilines is 3. The molecule has 0 radical (unpaired) electrons. The van der Waals surface area contributed by atoms with E-state index < -0.39 is 0 Å². The molecule has 0 aliphatic carbocycles. The number of aromatic nitrogens is 4. The fourth-order valence-electron chi connectivity index (χ4n) is 10.4. The van der Waals surface area contributed by atoms with Gasteiger partial charge in [-0.15, -0.1) is 0 Å². The van der Waals surface area contributed by atoms with Crippen LogP contribution in [0.3, 0.4) is 0 Å². The molecule has 14 aromatic rings. The van der Waals surface area contributed by atoms with Gasteiger partial charge >= 0.3 is 0 Å². The molecule has 0 unspecified atom stereocenters. The Labute approximate surface area is 384 Å². The Balaban J connectivity index is 1.10. The molecule has 67 heavy (non-hydrogen) atoms. The smallest absolute Gasteiger partial charge is 0.238 e. The van der Waals surface area contributed by atoms with Crippen molar-refractivity contribution in [1.82, 2.24) is 19.5 Å². The summed E-state index contributed by atoms with van der Waals surface area (Å²) in [6.07, 6.45) is 0. The lowest BCUT2D eigenvalue weighted by atomic mass is 9.94. The number of para-hydroxylation sites is 1. The number of nitrogens with zero attached hydrogens (tertiary/aromatic N) is 5. The summed E-state index contributed by atoms with van der Waals surface area (Å²) in [4.78, 5) is 18.1. The van der Waals surface area contributed by atoms with Gasteiger partial charge in [0, 0.05) is 49.4 Å². The lowest BCUT2D eigenvalue weighted by Gasteiger charge is -2.28. The molecule has 11 aromatic carbocycles. The van der Waals surface area contributed by atoms with Crippen molar-refractivity contribution in [3.8, 4) is 28.7 Å². The van der Waals surface area contributed by atoms with Gasteiger partial charge in [-0.1, -0.05) is 176 Å². The highest BCUT2D eigenvalue weighted by molar-refractivity contribution is 6.28. The molecule has 312 valence electrons. The number of hydrogen-bond acceptors (Lipinski definition) is 5. The predicted molar refractivity (Wildman–Crippen MR) is 277 cm³/mol. The van der Waals surface area contributed by atoms with E-state index in [2.05, 4.69) is 185 Å². The predicted octanol–water partition coefficient (Wildman–Crippen LogP) is 16.3. The number of benzene rings is 11. The minimum Gasteiger partial charge on any atom is -0.456 e. The summed E-state index contributed by atoms with van der Waals surface area (Å²) in [6, 6.07) is 79.4. The molecule has 3 heterocycles. The van der Waals surface area contributed by atoms with E-state index in [9.17, 15) is 0 Å². The maximum Gasteiger partial charge on any atom is 0.238 e. The molecule has 0 spiro atoms. The summed E-state index contributed by atoms with van der Waals surface area (Å²) >= 11 is 0. The number of rotatable bonds is 6. The molecule has 6 nitrogen and oxygen atoms in total. The number of furan rings is 1. The molecular weight excluding hydrogens is 819 g/mol. The van der Waals surface area contributed by atoms with Crippen molar-refractivity contribution < 1.29 is 4.42 Å². The first-order valence-corrected chi connectivity index (χ1v) is 22.6. The average Bonchev–Trinajstić information content (AvgIpc) is 3.95. The molecule has 0 saturated carbocycles. The molecule has 0 fully saturated rings. The van der Waals surface area contributed by atoms with Crippen molar-refractivity contribution >= 4 is 104 Å². The van der Waals surface area contributed by atoms with Crippen LogP contribution in [0.15, 0.2) is 229 Å². The maximum absolute atomic E-state index is 6.53. The first kappa shape index (κ1) is 37.3. The zero-order valence-corrected chi connectivity index (χ0v) is 36.0. The molecule has 0 aliphatic heterocycles. The molecule has 0 aliphatic rings. The van der Waals surface area contributed by atoms with Crippen molar-refractivity contribution in [3.05, 3.63) is 224 Å². The second kappa shape index (κ2) is 14.7. The summed E-state index contributed by atoms with van der Waals surface area (Å²) < 4.78 is 8.75. The standard InChI is InChI=1S/C61H37N5O/c1-3-17-39(18-4-1)59-62-60(40-19-5-2-6-20-40)64-61(63-59)66-53-34-35-56-58(50-27-13-14-29-55(50)67-56)57(53)49-33-31-42(37-54(49)66)65(52-28-15-21-38-16-7-8-22-43(38)52)41-30-32-48-46-25-10-9-23-44(46)45-24-11-12-26-47(45)51(48)36-41/h1-37H. The Morgan fingerprint density at radius 3 is 1.57 bits per heavy atom. The highest BCUT2D eigenvalue weighted by atomic mass is 16.3.